The van der Waals surface area contributed by atoms with E-state index < -0.39 is 9.24 Å². The Morgan fingerprint density at radius 3 is 2.62 bits per heavy atom. The van der Waals surface area contributed by atoms with Gasteiger partial charge < -0.3 is 4.74 Å². The van der Waals surface area contributed by atoms with E-state index >= 15 is 0 Å². The zero-order valence-corrected chi connectivity index (χ0v) is 11.3. The van der Waals surface area contributed by atoms with E-state index in [1.54, 1.807) is 7.11 Å². The molecule has 0 amide bonds. The summed E-state index contributed by atoms with van der Waals surface area (Å²) in [7, 11) is 4.32. The van der Waals surface area contributed by atoms with Gasteiger partial charge in [-0.3, -0.25) is 0 Å². The van der Waals surface area contributed by atoms with Crippen molar-refractivity contribution in [2.75, 3.05) is 20.2 Å². The summed E-state index contributed by atoms with van der Waals surface area (Å²) in [6.07, 6.45) is 0.956. The summed E-state index contributed by atoms with van der Waals surface area (Å²) >= 11 is 0. The standard InChI is InChI=1S/C6H14ClNO3SSi/c1-11-5-2-3-8(4-6(5)13)12(7,9)10/h5-6H,2-4H2,1,13H3/t5-,6?/m0/s1. The Bertz CT molecular complexity index is 271. The monoisotopic (exact) mass is 243 g/mol. The highest BCUT2D eigenvalue weighted by atomic mass is 35.7. The average molecular weight is 244 g/mol. The summed E-state index contributed by atoms with van der Waals surface area (Å²) in [4.78, 5) is 0. The van der Waals surface area contributed by atoms with E-state index in [9.17, 15) is 8.42 Å². The third-order valence-corrected chi connectivity index (χ3v) is 5.04. The minimum Gasteiger partial charge on any atom is -0.381 e. The molecule has 0 aromatic heterocycles. The third kappa shape index (κ3) is 2.92. The van der Waals surface area contributed by atoms with E-state index in [1.165, 1.54) is 4.31 Å². The highest BCUT2D eigenvalue weighted by Gasteiger charge is 2.31. The number of piperidine rings is 1. The van der Waals surface area contributed by atoms with Gasteiger partial charge >= 0.3 is 0 Å². The van der Waals surface area contributed by atoms with Crippen molar-refractivity contribution in [2.24, 2.45) is 0 Å². The lowest BCUT2D eigenvalue weighted by Crippen LogP contribution is -2.42. The summed E-state index contributed by atoms with van der Waals surface area (Å²) in [5, 5.41) is 0. The molecule has 13 heavy (non-hydrogen) atoms. The minimum absolute atomic E-state index is 0.210. The van der Waals surface area contributed by atoms with Crippen LogP contribution in [0.15, 0.2) is 0 Å². The average Bonchev–Trinajstić information content (AvgIpc) is 2.02. The summed E-state index contributed by atoms with van der Waals surface area (Å²) in [5.41, 5.74) is 0.340. The number of methoxy groups -OCH3 is 1. The van der Waals surface area contributed by atoms with Crippen LogP contribution in [0.2, 0.25) is 5.54 Å². The predicted octanol–water partition coefficient (Wildman–Crippen LogP) is -0.655. The fourth-order valence-electron chi connectivity index (χ4n) is 1.63. The van der Waals surface area contributed by atoms with Crippen LogP contribution < -0.4 is 0 Å². The molecule has 0 aromatic carbocycles. The maximum Gasteiger partial charge on any atom is 0.299 e. The first kappa shape index (κ1) is 11.5. The van der Waals surface area contributed by atoms with Crippen molar-refractivity contribution in [1.29, 1.82) is 0 Å². The largest absolute Gasteiger partial charge is 0.381 e. The Morgan fingerprint density at radius 2 is 2.23 bits per heavy atom. The number of nitrogens with zero attached hydrogens (tertiary/aromatic N) is 1. The quantitative estimate of drug-likeness (QED) is 0.478. The van der Waals surface area contributed by atoms with Crippen LogP contribution in [-0.4, -0.2) is 49.3 Å². The Hall–Kier alpha value is 0.377. The lowest BCUT2D eigenvalue weighted by molar-refractivity contribution is 0.0618. The molecule has 0 aliphatic carbocycles. The van der Waals surface area contributed by atoms with Crippen molar-refractivity contribution < 1.29 is 13.2 Å². The Balaban J connectivity index is 2.61. The van der Waals surface area contributed by atoms with E-state index in [1.807, 2.05) is 0 Å². The number of halogens is 1. The molecule has 7 heteroatoms. The van der Waals surface area contributed by atoms with E-state index in [-0.39, 0.29) is 6.10 Å². The Labute approximate surface area is 86.2 Å². The maximum atomic E-state index is 11.0. The highest BCUT2D eigenvalue weighted by molar-refractivity contribution is 8.11. The molecule has 1 unspecified atom stereocenters. The zero-order chi connectivity index (χ0) is 10.1. The Morgan fingerprint density at radius 1 is 1.62 bits per heavy atom. The summed E-state index contributed by atoms with van der Waals surface area (Å²) in [6, 6.07) is 0. The first-order valence-electron chi connectivity index (χ1n) is 4.17. The lowest BCUT2D eigenvalue weighted by Gasteiger charge is -2.33. The molecule has 1 heterocycles. The summed E-state index contributed by atoms with van der Waals surface area (Å²) < 4.78 is 28.5. The van der Waals surface area contributed by atoms with Crippen LogP contribution in [-0.2, 0) is 14.0 Å². The second-order valence-corrected chi connectivity index (χ2v) is 7.33. The number of hydrogen-bond donors (Lipinski definition) is 0. The van der Waals surface area contributed by atoms with Crippen molar-refractivity contribution in [2.45, 2.75) is 18.1 Å². The van der Waals surface area contributed by atoms with Crippen LogP contribution in [0.5, 0.6) is 0 Å². The first-order chi connectivity index (χ1) is 5.95. The van der Waals surface area contributed by atoms with Crippen molar-refractivity contribution in [3.63, 3.8) is 0 Å². The van der Waals surface area contributed by atoms with Gasteiger partial charge in [-0.05, 0) is 12.0 Å². The van der Waals surface area contributed by atoms with Crippen molar-refractivity contribution in [3.8, 4) is 0 Å². The maximum absolute atomic E-state index is 11.0. The third-order valence-electron chi connectivity index (χ3n) is 2.40. The van der Waals surface area contributed by atoms with Crippen LogP contribution in [0.25, 0.3) is 0 Å². The highest BCUT2D eigenvalue weighted by Crippen LogP contribution is 2.24. The SMILES string of the molecule is CO[C@H]1CCN(S(=O)(=O)Cl)CC1[SiH3]. The molecule has 0 saturated carbocycles. The second kappa shape index (κ2) is 4.27. The van der Waals surface area contributed by atoms with E-state index in [0.29, 0.717) is 18.6 Å². The van der Waals surface area contributed by atoms with Gasteiger partial charge in [-0.2, -0.15) is 12.7 Å². The summed E-state index contributed by atoms with van der Waals surface area (Å²) in [6.45, 7) is 0.986. The predicted molar refractivity (Wildman–Crippen MR) is 55.4 cm³/mol. The lowest BCUT2D eigenvalue weighted by atomic mass is 10.1. The van der Waals surface area contributed by atoms with Gasteiger partial charge in [0.25, 0.3) is 9.24 Å². The molecule has 1 aliphatic rings. The molecular weight excluding hydrogens is 230 g/mol. The number of rotatable bonds is 2. The molecule has 0 bridgehead atoms. The van der Waals surface area contributed by atoms with Crippen LogP contribution >= 0.6 is 10.7 Å². The molecule has 1 aliphatic heterocycles. The van der Waals surface area contributed by atoms with E-state index in [0.717, 1.165) is 16.7 Å². The van der Waals surface area contributed by atoms with Gasteiger partial charge in [0.1, 0.15) is 0 Å². The number of hydrogen-bond acceptors (Lipinski definition) is 3. The molecule has 0 radical (unpaired) electrons. The van der Waals surface area contributed by atoms with Crippen molar-refractivity contribution >= 4 is 30.2 Å². The molecule has 1 fully saturated rings. The molecule has 78 valence electrons. The van der Waals surface area contributed by atoms with E-state index in [4.69, 9.17) is 15.4 Å². The normalized spacial score (nSPS) is 32.2. The molecule has 0 N–H and O–H groups in total. The van der Waals surface area contributed by atoms with Crippen LogP contribution in [0, 0.1) is 0 Å². The first-order valence-corrected chi connectivity index (χ1v) is 7.59. The Kier molecular flexibility index (Phi) is 3.76. The van der Waals surface area contributed by atoms with Gasteiger partial charge in [-0.15, -0.1) is 0 Å². The molecule has 1 saturated heterocycles. The van der Waals surface area contributed by atoms with Gasteiger partial charge in [-0.1, -0.05) is 0 Å². The molecular formula is C6H14ClNO3SSi. The molecule has 1 rings (SSSR count). The smallest absolute Gasteiger partial charge is 0.299 e. The van der Waals surface area contributed by atoms with Crippen LogP contribution in [0.3, 0.4) is 0 Å². The molecule has 2 atom stereocenters. The van der Waals surface area contributed by atoms with Gasteiger partial charge in [0.05, 0.1) is 6.10 Å². The molecule has 0 spiro atoms. The molecule has 0 aromatic rings. The van der Waals surface area contributed by atoms with Crippen molar-refractivity contribution in [3.05, 3.63) is 0 Å². The fraction of sp³-hybridized carbons (Fsp3) is 1.00. The van der Waals surface area contributed by atoms with E-state index in [2.05, 4.69) is 0 Å². The van der Waals surface area contributed by atoms with Gasteiger partial charge in [0.2, 0.25) is 0 Å². The van der Waals surface area contributed by atoms with Gasteiger partial charge in [-0.25, -0.2) is 0 Å². The number of ether oxygens (including phenoxy) is 1. The van der Waals surface area contributed by atoms with Gasteiger partial charge in [0.15, 0.2) is 0 Å². The van der Waals surface area contributed by atoms with Crippen molar-refractivity contribution in [1.82, 2.24) is 4.31 Å². The van der Waals surface area contributed by atoms with Crippen LogP contribution in [0.1, 0.15) is 6.42 Å². The zero-order valence-electron chi connectivity index (χ0n) is 7.73. The topological polar surface area (TPSA) is 46.6 Å². The van der Waals surface area contributed by atoms with Gasteiger partial charge in [0, 0.05) is 41.1 Å². The second-order valence-electron chi connectivity index (χ2n) is 3.34. The van der Waals surface area contributed by atoms with Crippen LogP contribution in [0.4, 0.5) is 0 Å². The minimum atomic E-state index is -3.52. The fourth-order valence-corrected chi connectivity index (χ4v) is 4.06. The molecule has 4 nitrogen and oxygen atoms in total. The summed E-state index contributed by atoms with van der Waals surface area (Å²) in [5.74, 6) is 0.